The maximum atomic E-state index is 6.04. The molecule has 1 aromatic heterocycles. The number of fused-ring (bicyclic) bond motifs is 1. The number of nitrogens with zero attached hydrogens (tertiary/aromatic N) is 2. The molecule has 0 saturated heterocycles. The molecule has 0 aliphatic heterocycles. The van der Waals surface area contributed by atoms with Crippen LogP contribution in [0.4, 0.5) is 11.8 Å². The van der Waals surface area contributed by atoms with Crippen LogP contribution in [0.25, 0.3) is 10.9 Å². The van der Waals surface area contributed by atoms with Crippen molar-refractivity contribution in [1.29, 1.82) is 0 Å². The third-order valence-electron chi connectivity index (χ3n) is 3.32. The van der Waals surface area contributed by atoms with E-state index < -0.39 is 0 Å². The van der Waals surface area contributed by atoms with E-state index in [4.69, 9.17) is 17.3 Å². The third-order valence-corrected chi connectivity index (χ3v) is 3.56. The Morgan fingerprint density at radius 1 is 1.10 bits per heavy atom. The molecule has 1 unspecified atom stereocenters. The number of para-hydroxylation sites is 1. The average molecular weight is 299 g/mol. The van der Waals surface area contributed by atoms with Crippen molar-refractivity contribution in [3.63, 3.8) is 0 Å². The highest BCUT2D eigenvalue weighted by molar-refractivity contribution is 6.30. The zero-order valence-corrected chi connectivity index (χ0v) is 12.3. The van der Waals surface area contributed by atoms with Crippen molar-refractivity contribution in [1.82, 2.24) is 9.97 Å². The fourth-order valence-electron chi connectivity index (χ4n) is 2.27. The van der Waals surface area contributed by atoms with Gasteiger partial charge in [0.2, 0.25) is 5.95 Å². The van der Waals surface area contributed by atoms with Crippen molar-refractivity contribution < 1.29 is 0 Å². The van der Waals surface area contributed by atoms with E-state index in [2.05, 4.69) is 22.2 Å². The number of nitrogens with two attached hydrogens (primary N) is 1. The Bertz CT molecular complexity index is 788. The number of aromatic nitrogens is 2. The van der Waals surface area contributed by atoms with E-state index in [0.29, 0.717) is 5.02 Å². The fraction of sp³-hybridized carbons (Fsp3) is 0.125. The van der Waals surface area contributed by atoms with Gasteiger partial charge in [-0.25, -0.2) is 4.98 Å². The molecule has 1 atom stereocenters. The van der Waals surface area contributed by atoms with E-state index in [1.54, 1.807) is 0 Å². The summed E-state index contributed by atoms with van der Waals surface area (Å²) < 4.78 is 0. The summed E-state index contributed by atoms with van der Waals surface area (Å²) >= 11 is 6.04. The minimum absolute atomic E-state index is 0.0569. The summed E-state index contributed by atoms with van der Waals surface area (Å²) in [6.07, 6.45) is 0. The molecule has 0 spiro atoms. The van der Waals surface area contributed by atoms with Gasteiger partial charge in [0.15, 0.2) is 0 Å². The minimum atomic E-state index is 0.0569. The number of hydrogen-bond acceptors (Lipinski definition) is 4. The van der Waals surface area contributed by atoms with Crippen LogP contribution >= 0.6 is 11.6 Å². The number of anilines is 2. The topological polar surface area (TPSA) is 63.8 Å². The van der Waals surface area contributed by atoms with Crippen molar-refractivity contribution in [2.24, 2.45) is 0 Å². The normalized spacial score (nSPS) is 12.3. The number of hydrogen-bond donors (Lipinski definition) is 2. The molecule has 21 heavy (non-hydrogen) atoms. The average Bonchev–Trinajstić information content (AvgIpc) is 2.47. The van der Waals surface area contributed by atoms with Crippen molar-refractivity contribution in [2.45, 2.75) is 13.0 Å². The molecule has 3 N–H and O–H groups in total. The van der Waals surface area contributed by atoms with Crippen LogP contribution in [0.3, 0.4) is 0 Å². The Morgan fingerprint density at radius 2 is 1.90 bits per heavy atom. The first kappa shape index (κ1) is 13.6. The number of rotatable bonds is 3. The molecular formula is C16H15ClN4. The summed E-state index contributed by atoms with van der Waals surface area (Å²) in [6, 6.07) is 15.6. The molecule has 0 bridgehead atoms. The van der Waals surface area contributed by atoms with Gasteiger partial charge in [-0.15, -0.1) is 0 Å². The lowest BCUT2D eigenvalue weighted by Gasteiger charge is -2.16. The van der Waals surface area contributed by atoms with Crippen LogP contribution in [0.15, 0.2) is 48.5 Å². The smallest absolute Gasteiger partial charge is 0.222 e. The van der Waals surface area contributed by atoms with Gasteiger partial charge in [0, 0.05) is 10.4 Å². The molecule has 0 aliphatic carbocycles. The molecule has 0 saturated carbocycles. The van der Waals surface area contributed by atoms with Gasteiger partial charge in [-0.1, -0.05) is 35.9 Å². The Labute approximate surface area is 128 Å². The summed E-state index contributed by atoms with van der Waals surface area (Å²) in [5.41, 5.74) is 7.69. The Hall–Kier alpha value is -2.33. The lowest BCUT2D eigenvalue weighted by molar-refractivity contribution is 0.877. The molecular weight excluding hydrogens is 284 g/mol. The first-order chi connectivity index (χ1) is 10.1. The SMILES string of the molecule is CC(Nc1nc(N)nc2ccccc12)c1cccc(Cl)c1. The number of benzene rings is 2. The molecule has 1 heterocycles. The highest BCUT2D eigenvalue weighted by Crippen LogP contribution is 2.26. The predicted octanol–water partition coefficient (Wildman–Crippen LogP) is 4.04. The summed E-state index contributed by atoms with van der Waals surface area (Å²) in [5, 5.41) is 5.04. The van der Waals surface area contributed by atoms with Gasteiger partial charge in [-0.2, -0.15) is 4.98 Å². The van der Waals surface area contributed by atoms with E-state index in [1.165, 1.54) is 0 Å². The number of halogens is 1. The van der Waals surface area contributed by atoms with Crippen LogP contribution in [0.1, 0.15) is 18.5 Å². The maximum absolute atomic E-state index is 6.04. The summed E-state index contributed by atoms with van der Waals surface area (Å²) in [5.74, 6) is 0.986. The highest BCUT2D eigenvalue weighted by atomic mass is 35.5. The first-order valence-electron chi connectivity index (χ1n) is 6.68. The van der Waals surface area contributed by atoms with Crippen molar-refractivity contribution >= 4 is 34.3 Å². The number of nitrogens with one attached hydrogen (secondary N) is 1. The van der Waals surface area contributed by atoms with Crippen LogP contribution in [-0.2, 0) is 0 Å². The third kappa shape index (κ3) is 2.90. The molecule has 5 heteroatoms. The molecule has 4 nitrogen and oxygen atoms in total. The van der Waals surface area contributed by atoms with Crippen molar-refractivity contribution in [2.75, 3.05) is 11.1 Å². The number of nitrogen functional groups attached to an aromatic ring is 1. The van der Waals surface area contributed by atoms with Crippen LogP contribution < -0.4 is 11.1 Å². The quantitative estimate of drug-likeness (QED) is 0.766. The summed E-state index contributed by atoms with van der Waals surface area (Å²) in [6.45, 7) is 2.05. The van der Waals surface area contributed by atoms with Gasteiger partial charge < -0.3 is 11.1 Å². The van der Waals surface area contributed by atoms with Gasteiger partial charge >= 0.3 is 0 Å². The Balaban J connectivity index is 1.98. The van der Waals surface area contributed by atoms with Gasteiger partial charge in [0.05, 0.1) is 11.6 Å². The molecule has 0 aliphatic rings. The molecule has 2 aromatic carbocycles. The highest BCUT2D eigenvalue weighted by Gasteiger charge is 2.10. The van der Waals surface area contributed by atoms with Crippen LogP contribution in [0.5, 0.6) is 0 Å². The van der Waals surface area contributed by atoms with Crippen LogP contribution in [0.2, 0.25) is 5.02 Å². The molecule has 106 valence electrons. The van der Waals surface area contributed by atoms with E-state index in [1.807, 2.05) is 48.5 Å². The van der Waals surface area contributed by atoms with E-state index in [-0.39, 0.29) is 12.0 Å². The van der Waals surface area contributed by atoms with Gasteiger partial charge in [0.25, 0.3) is 0 Å². The molecule has 3 aromatic rings. The van der Waals surface area contributed by atoms with Crippen LogP contribution in [-0.4, -0.2) is 9.97 Å². The lowest BCUT2D eigenvalue weighted by atomic mass is 10.1. The standard InChI is InChI=1S/C16H15ClN4/c1-10(11-5-4-6-12(17)9-11)19-15-13-7-2-3-8-14(13)20-16(18)21-15/h2-10H,1H3,(H3,18,19,20,21). The zero-order valence-electron chi connectivity index (χ0n) is 11.5. The largest absolute Gasteiger partial charge is 0.368 e. The minimum Gasteiger partial charge on any atom is -0.368 e. The Kier molecular flexibility index (Phi) is 3.62. The molecule has 0 radical (unpaired) electrons. The second-order valence-corrected chi connectivity index (χ2v) is 5.31. The first-order valence-corrected chi connectivity index (χ1v) is 7.05. The van der Waals surface area contributed by atoms with Crippen LogP contribution in [0, 0.1) is 0 Å². The van der Waals surface area contributed by atoms with E-state index in [9.17, 15) is 0 Å². The van der Waals surface area contributed by atoms with Crippen molar-refractivity contribution in [3.05, 3.63) is 59.1 Å². The zero-order chi connectivity index (χ0) is 14.8. The summed E-state index contributed by atoms with van der Waals surface area (Å²) in [7, 11) is 0. The molecule has 0 amide bonds. The van der Waals surface area contributed by atoms with Gasteiger partial charge in [0.1, 0.15) is 5.82 Å². The van der Waals surface area contributed by atoms with Gasteiger partial charge in [-0.05, 0) is 36.8 Å². The fourth-order valence-corrected chi connectivity index (χ4v) is 2.47. The lowest BCUT2D eigenvalue weighted by Crippen LogP contribution is -2.10. The Morgan fingerprint density at radius 3 is 2.71 bits per heavy atom. The molecule has 3 rings (SSSR count). The predicted molar refractivity (Wildman–Crippen MR) is 87.4 cm³/mol. The summed E-state index contributed by atoms with van der Waals surface area (Å²) in [4.78, 5) is 8.55. The van der Waals surface area contributed by atoms with Crippen molar-refractivity contribution in [3.8, 4) is 0 Å². The second kappa shape index (κ2) is 5.58. The monoisotopic (exact) mass is 298 g/mol. The van der Waals surface area contributed by atoms with E-state index >= 15 is 0 Å². The second-order valence-electron chi connectivity index (χ2n) is 4.87. The van der Waals surface area contributed by atoms with Gasteiger partial charge in [-0.3, -0.25) is 0 Å². The van der Waals surface area contributed by atoms with E-state index in [0.717, 1.165) is 22.3 Å². The molecule has 0 fully saturated rings. The maximum Gasteiger partial charge on any atom is 0.222 e.